The topological polar surface area (TPSA) is 149 Å². The molecule has 0 radical (unpaired) electrons. The average Bonchev–Trinajstić information content (AvgIpc) is 3.48. The van der Waals surface area contributed by atoms with Crippen LogP contribution in [0.1, 0.15) is 34.7 Å². The quantitative estimate of drug-likeness (QED) is 0.112. The minimum atomic E-state index is -0.774. The molecule has 3 amide bonds. The molecular formula is C26H20FIN8O3. The minimum absolute atomic E-state index is 0.00340. The second kappa shape index (κ2) is 11.1. The van der Waals surface area contributed by atoms with Gasteiger partial charge in [0.25, 0.3) is 5.91 Å². The minimum Gasteiger partial charge on any atom is -0.364 e. The summed E-state index contributed by atoms with van der Waals surface area (Å²) in [6.45, 7) is -0.228. The molecule has 1 aliphatic rings. The molecular weight excluding hydrogens is 618 g/mol. The van der Waals surface area contributed by atoms with Crippen LogP contribution >= 0.6 is 22.6 Å². The van der Waals surface area contributed by atoms with E-state index in [1.807, 2.05) is 0 Å². The van der Waals surface area contributed by atoms with E-state index in [1.165, 1.54) is 27.8 Å². The maximum absolute atomic E-state index is 13.5. The van der Waals surface area contributed by atoms with E-state index in [2.05, 4.69) is 59.8 Å². The van der Waals surface area contributed by atoms with Gasteiger partial charge in [-0.05, 0) is 55.2 Å². The highest BCUT2D eigenvalue weighted by molar-refractivity contribution is 14.1. The summed E-state index contributed by atoms with van der Waals surface area (Å²) in [4.78, 5) is 51.8. The number of fused-ring (bicyclic) bond motifs is 1. The predicted molar refractivity (Wildman–Crippen MR) is 147 cm³/mol. The maximum Gasteiger partial charge on any atom is 0.269 e. The highest BCUT2D eigenvalue weighted by atomic mass is 127. The smallest absolute Gasteiger partial charge is 0.269 e. The van der Waals surface area contributed by atoms with Crippen LogP contribution in [0.4, 0.5) is 10.2 Å². The van der Waals surface area contributed by atoms with Crippen LogP contribution in [0, 0.1) is 17.8 Å². The number of nitrogens with one attached hydrogen (secondary N) is 1. The van der Waals surface area contributed by atoms with Gasteiger partial charge in [-0.3, -0.25) is 19.1 Å². The molecule has 2 atom stereocenters. The van der Waals surface area contributed by atoms with Gasteiger partial charge in [-0.15, -0.1) is 0 Å². The predicted octanol–water partition coefficient (Wildman–Crippen LogP) is 2.25. The second-order valence-electron chi connectivity index (χ2n) is 8.59. The fraction of sp³-hybridized carbons (Fsp3) is 0.192. The third-order valence-electron chi connectivity index (χ3n) is 6.03. The molecule has 1 saturated heterocycles. The number of aromatic nitrogens is 5. The number of alkyl halides is 1. The Kier molecular flexibility index (Phi) is 7.46. The van der Waals surface area contributed by atoms with Gasteiger partial charge in [-0.2, -0.15) is 9.49 Å². The Morgan fingerprint density at radius 3 is 2.64 bits per heavy atom. The summed E-state index contributed by atoms with van der Waals surface area (Å²) < 4.78 is 14.6. The van der Waals surface area contributed by atoms with Gasteiger partial charge >= 0.3 is 0 Å². The SMILES string of the molecule is NC(=O)c1nn(CC(=O)N2[C@H](I)CC[C@H]2C(=O)Nc2cccc(F)n2)c2ccc(C#Cc3ncccn3)cc12. The Bertz CT molecular complexity index is 1650. The number of rotatable bonds is 5. The van der Waals surface area contributed by atoms with Crippen molar-refractivity contribution in [2.75, 3.05) is 5.32 Å². The number of likely N-dealkylation sites (tertiary alicyclic amines) is 1. The van der Waals surface area contributed by atoms with Gasteiger partial charge in [-0.25, -0.2) is 15.0 Å². The van der Waals surface area contributed by atoms with Crippen molar-refractivity contribution in [2.24, 2.45) is 5.73 Å². The Morgan fingerprint density at radius 2 is 1.90 bits per heavy atom. The summed E-state index contributed by atoms with van der Waals surface area (Å²) in [5.41, 5.74) is 6.66. The van der Waals surface area contributed by atoms with Crippen LogP contribution in [0.3, 0.4) is 0 Å². The van der Waals surface area contributed by atoms with Crippen LogP contribution in [-0.2, 0) is 16.1 Å². The van der Waals surface area contributed by atoms with Gasteiger partial charge in [0.1, 0.15) is 18.4 Å². The molecule has 11 nitrogen and oxygen atoms in total. The number of halogens is 2. The Balaban J connectivity index is 1.39. The summed E-state index contributed by atoms with van der Waals surface area (Å²) in [5.74, 6) is 3.89. The van der Waals surface area contributed by atoms with Gasteiger partial charge in [-0.1, -0.05) is 34.6 Å². The number of primary amides is 1. The highest BCUT2D eigenvalue weighted by Gasteiger charge is 2.40. The third-order valence-corrected chi connectivity index (χ3v) is 7.25. The zero-order valence-electron chi connectivity index (χ0n) is 20.2. The van der Waals surface area contributed by atoms with Crippen molar-refractivity contribution in [3.05, 3.63) is 77.9 Å². The fourth-order valence-corrected chi connectivity index (χ4v) is 5.36. The molecule has 0 saturated carbocycles. The van der Waals surface area contributed by atoms with Crippen molar-refractivity contribution >= 4 is 57.0 Å². The largest absolute Gasteiger partial charge is 0.364 e. The number of nitrogens with two attached hydrogens (primary N) is 1. The number of nitrogens with zero attached hydrogens (tertiary/aromatic N) is 6. The molecule has 1 aromatic carbocycles. The summed E-state index contributed by atoms with van der Waals surface area (Å²) in [5, 5.41) is 7.32. The number of anilines is 1. The molecule has 0 unspecified atom stereocenters. The van der Waals surface area contributed by atoms with Crippen LogP contribution < -0.4 is 11.1 Å². The van der Waals surface area contributed by atoms with E-state index in [0.717, 1.165) is 0 Å². The summed E-state index contributed by atoms with van der Waals surface area (Å²) >= 11 is 2.11. The molecule has 0 spiro atoms. The molecule has 4 aromatic rings. The van der Waals surface area contributed by atoms with Gasteiger partial charge in [0, 0.05) is 23.3 Å². The van der Waals surface area contributed by atoms with Crippen molar-refractivity contribution in [1.82, 2.24) is 29.6 Å². The van der Waals surface area contributed by atoms with Crippen molar-refractivity contribution in [3.8, 4) is 11.8 Å². The van der Waals surface area contributed by atoms with E-state index in [1.54, 1.807) is 36.7 Å². The first-order valence-electron chi connectivity index (χ1n) is 11.8. The van der Waals surface area contributed by atoms with Gasteiger partial charge in [0.2, 0.25) is 23.6 Å². The molecule has 5 rings (SSSR count). The lowest BCUT2D eigenvalue weighted by Gasteiger charge is -2.27. The Morgan fingerprint density at radius 1 is 1.10 bits per heavy atom. The lowest BCUT2D eigenvalue weighted by atomic mass is 10.1. The maximum atomic E-state index is 13.5. The fourth-order valence-electron chi connectivity index (χ4n) is 4.30. The molecule has 3 aromatic heterocycles. The van der Waals surface area contributed by atoms with Crippen molar-refractivity contribution < 1.29 is 18.8 Å². The average molecular weight is 638 g/mol. The molecule has 0 bridgehead atoms. The van der Waals surface area contributed by atoms with Crippen molar-refractivity contribution in [1.29, 1.82) is 0 Å². The van der Waals surface area contributed by atoms with Crippen molar-refractivity contribution in [2.45, 2.75) is 29.5 Å². The summed E-state index contributed by atoms with van der Waals surface area (Å²) in [6, 6.07) is 10.1. The number of amides is 3. The number of carbonyl (C=O) groups excluding carboxylic acids is 3. The normalized spacial score (nSPS) is 16.5. The summed E-state index contributed by atoms with van der Waals surface area (Å²) in [7, 11) is 0. The first kappa shape index (κ1) is 26.2. The van der Waals surface area contributed by atoms with Crippen LogP contribution in [-0.4, -0.2) is 57.4 Å². The molecule has 39 heavy (non-hydrogen) atoms. The molecule has 1 aliphatic heterocycles. The number of pyridine rings is 1. The Labute approximate surface area is 235 Å². The number of hydrogen-bond acceptors (Lipinski definition) is 7. The van der Waals surface area contributed by atoms with E-state index >= 15 is 0 Å². The number of hydrogen-bond donors (Lipinski definition) is 2. The molecule has 3 N–H and O–H groups in total. The van der Waals surface area contributed by atoms with E-state index in [-0.39, 0.29) is 28.0 Å². The summed E-state index contributed by atoms with van der Waals surface area (Å²) in [6.07, 6.45) is 4.19. The van der Waals surface area contributed by atoms with Gasteiger partial charge in [0.15, 0.2) is 5.69 Å². The second-order valence-corrected chi connectivity index (χ2v) is 10.0. The molecule has 13 heteroatoms. The number of benzene rings is 1. The molecule has 1 fully saturated rings. The van der Waals surface area contributed by atoms with E-state index < -0.39 is 23.8 Å². The third kappa shape index (κ3) is 5.70. The van der Waals surface area contributed by atoms with Crippen molar-refractivity contribution in [3.63, 3.8) is 0 Å². The molecule has 0 aliphatic carbocycles. The lowest BCUT2D eigenvalue weighted by Crippen LogP contribution is -2.46. The van der Waals surface area contributed by atoms with Crippen LogP contribution in [0.25, 0.3) is 10.9 Å². The Hall–Kier alpha value is -4.45. The van der Waals surface area contributed by atoms with E-state index in [0.29, 0.717) is 35.1 Å². The van der Waals surface area contributed by atoms with Gasteiger partial charge < -0.3 is 16.0 Å². The van der Waals surface area contributed by atoms with Crippen LogP contribution in [0.5, 0.6) is 0 Å². The van der Waals surface area contributed by atoms with E-state index in [9.17, 15) is 18.8 Å². The monoisotopic (exact) mass is 638 g/mol. The zero-order valence-corrected chi connectivity index (χ0v) is 22.4. The van der Waals surface area contributed by atoms with E-state index in [4.69, 9.17) is 5.73 Å². The standard InChI is InChI=1S/C26H20FIN8O3/c27-19-3-1-4-22(32-19)33-26(39)18-8-9-20(28)36(18)23(37)14-35-17-7-5-15(6-10-21-30-11-2-12-31-21)13-16(17)24(34-35)25(29)38/h1-5,7,11-13,18,20H,8-9,14H2,(H2,29,38)(H,32,33,39)/t18-,20-/m0/s1. The van der Waals surface area contributed by atoms with Crippen LogP contribution in [0.2, 0.25) is 0 Å². The zero-order chi connectivity index (χ0) is 27.5. The highest BCUT2D eigenvalue weighted by Crippen LogP contribution is 2.30. The number of carbonyl (C=O) groups is 3. The lowest BCUT2D eigenvalue weighted by molar-refractivity contribution is -0.137. The molecule has 196 valence electrons. The first-order valence-corrected chi connectivity index (χ1v) is 13.0. The molecule has 4 heterocycles. The first-order chi connectivity index (χ1) is 18.8. The van der Waals surface area contributed by atoms with Gasteiger partial charge in [0.05, 0.1) is 9.57 Å². The van der Waals surface area contributed by atoms with Crippen LogP contribution in [0.15, 0.2) is 54.9 Å².